The summed E-state index contributed by atoms with van der Waals surface area (Å²) in [5.74, 6) is 0.791. The second-order valence-corrected chi connectivity index (χ2v) is 5.63. The van der Waals surface area contributed by atoms with Crippen LogP contribution in [-0.2, 0) is 16.0 Å². The minimum absolute atomic E-state index is 0. The van der Waals surface area contributed by atoms with Crippen LogP contribution in [0.1, 0.15) is 18.4 Å². The maximum Gasteiger partial charge on any atom is 0.191 e. The number of nitrogens with one attached hydrogen (secondary N) is 2. The van der Waals surface area contributed by atoms with E-state index in [1.54, 1.807) is 7.05 Å². The highest BCUT2D eigenvalue weighted by molar-refractivity contribution is 14.0. The van der Waals surface area contributed by atoms with Gasteiger partial charge < -0.3 is 20.1 Å². The van der Waals surface area contributed by atoms with Crippen molar-refractivity contribution in [1.82, 2.24) is 10.6 Å². The first-order chi connectivity index (χ1) is 10.8. The lowest BCUT2D eigenvalue weighted by atomic mass is 10.2. The summed E-state index contributed by atoms with van der Waals surface area (Å²) in [6.07, 6.45) is 2.23. The smallest absolute Gasteiger partial charge is 0.191 e. The number of aliphatic imine (C=N–C) groups is 1. The molecule has 2 rings (SSSR count). The minimum Gasteiger partial charge on any atom is -0.379 e. The van der Waals surface area contributed by atoms with E-state index in [1.165, 1.54) is 0 Å². The van der Waals surface area contributed by atoms with Crippen LogP contribution in [0.4, 0.5) is 0 Å². The Morgan fingerprint density at radius 3 is 2.78 bits per heavy atom. The van der Waals surface area contributed by atoms with Crippen molar-refractivity contribution >= 4 is 41.5 Å². The topological polar surface area (TPSA) is 54.9 Å². The molecule has 0 aromatic heterocycles. The van der Waals surface area contributed by atoms with E-state index in [2.05, 4.69) is 15.6 Å². The Morgan fingerprint density at radius 1 is 1.35 bits per heavy atom. The number of nitrogens with zero attached hydrogens (tertiary/aromatic N) is 1. The SMILES string of the molecule is CN=C(NCCCOC1CCOC1)NCc1ccc(Cl)cc1.I. The third kappa shape index (κ3) is 8.19. The van der Waals surface area contributed by atoms with Gasteiger partial charge in [-0.1, -0.05) is 23.7 Å². The lowest BCUT2D eigenvalue weighted by molar-refractivity contribution is 0.0420. The number of hydrogen-bond acceptors (Lipinski definition) is 3. The molecule has 0 saturated carbocycles. The third-order valence-electron chi connectivity index (χ3n) is 3.45. The normalized spacial score (nSPS) is 17.7. The van der Waals surface area contributed by atoms with Crippen molar-refractivity contribution in [2.24, 2.45) is 4.99 Å². The van der Waals surface area contributed by atoms with E-state index >= 15 is 0 Å². The highest BCUT2D eigenvalue weighted by atomic mass is 127. The molecule has 0 bridgehead atoms. The number of benzene rings is 1. The zero-order valence-electron chi connectivity index (χ0n) is 13.4. The van der Waals surface area contributed by atoms with Crippen molar-refractivity contribution in [2.45, 2.75) is 25.5 Å². The van der Waals surface area contributed by atoms with Gasteiger partial charge in [0.05, 0.1) is 12.7 Å². The highest BCUT2D eigenvalue weighted by Crippen LogP contribution is 2.09. The van der Waals surface area contributed by atoms with Crippen LogP contribution in [0.5, 0.6) is 0 Å². The van der Waals surface area contributed by atoms with E-state index in [0.717, 1.165) is 55.8 Å². The Morgan fingerprint density at radius 2 is 2.13 bits per heavy atom. The van der Waals surface area contributed by atoms with Crippen molar-refractivity contribution in [3.8, 4) is 0 Å². The Hall–Kier alpha value is -0.570. The molecule has 1 aromatic carbocycles. The average Bonchev–Trinajstić information content (AvgIpc) is 3.05. The molecule has 1 aromatic rings. The first kappa shape index (κ1) is 20.5. The summed E-state index contributed by atoms with van der Waals surface area (Å²) in [5, 5.41) is 7.30. The molecule has 0 aliphatic carbocycles. The highest BCUT2D eigenvalue weighted by Gasteiger charge is 2.15. The van der Waals surface area contributed by atoms with Gasteiger partial charge in [0.2, 0.25) is 0 Å². The zero-order chi connectivity index (χ0) is 15.6. The monoisotopic (exact) mass is 453 g/mol. The van der Waals surface area contributed by atoms with E-state index in [4.69, 9.17) is 21.1 Å². The molecule has 7 heteroatoms. The summed E-state index contributed by atoms with van der Waals surface area (Å²) in [6, 6.07) is 7.78. The second-order valence-electron chi connectivity index (χ2n) is 5.19. The molecule has 1 aliphatic heterocycles. The van der Waals surface area contributed by atoms with Gasteiger partial charge in [-0.25, -0.2) is 0 Å². The fraction of sp³-hybridized carbons (Fsp3) is 0.562. The lowest BCUT2D eigenvalue weighted by Crippen LogP contribution is -2.37. The molecule has 1 aliphatic rings. The Kier molecular flexibility index (Phi) is 10.6. The molecule has 0 spiro atoms. The number of guanidine groups is 1. The van der Waals surface area contributed by atoms with Gasteiger partial charge in [0, 0.05) is 38.4 Å². The van der Waals surface area contributed by atoms with Crippen LogP contribution in [0.3, 0.4) is 0 Å². The molecule has 1 saturated heterocycles. The fourth-order valence-corrected chi connectivity index (χ4v) is 2.31. The molecule has 0 radical (unpaired) electrons. The van der Waals surface area contributed by atoms with Gasteiger partial charge >= 0.3 is 0 Å². The molecule has 0 amide bonds. The van der Waals surface area contributed by atoms with Crippen molar-refractivity contribution in [3.63, 3.8) is 0 Å². The average molecular weight is 454 g/mol. The van der Waals surface area contributed by atoms with Gasteiger partial charge in [-0.2, -0.15) is 0 Å². The molecule has 1 heterocycles. The van der Waals surface area contributed by atoms with Crippen molar-refractivity contribution < 1.29 is 9.47 Å². The van der Waals surface area contributed by atoms with Crippen molar-refractivity contribution in [3.05, 3.63) is 34.9 Å². The van der Waals surface area contributed by atoms with Gasteiger partial charge in [-0.15, -0.1) is 24.0 Å². The number of hydrogen-bond donors (Lipinski definition) is 2. The second kappa shape index (κ2) is 11.9. The largest absolute Gasteiger partial charge is 0.379 e. The van der Waals surface area contributed by atoms with Crippen molar-refractivity contribution in [2.75, 3.05) is 33.4 Å². The third-order valence-corrected chi connectivity index (χ3v) is 3.70. The van der Waals surface area contributed by atoms with Gasteiger partial charge in [0.15, 0.2) is 5.96 Å². The van der Waals surface area contributed by atoms with Crippen LogP contribution in [-0.4, -0.2) is 45.5 Å². The maximum atomic E-state index is 5.87. The Balaban J connectivity index is 0.00000264. The van der Waals surface area contributed by atoms with Crippen LogP contribution in [0.2, 0.25) is 5.02 Å². The minimum atomic E-state index is 0. The summed E-state index contributed by atoms with van der Waals surface area (Å²) >= 11 is 5.87. The Labute approximate surface area is 160 Å². The summed E-state index contributed by atoms with van der Waals surface area (Å²) in [7, 11) is 1.77. The van der Waals surface area contributed by atoms with Crippen LogP contribution in [0, 0.1) is 0 Å². The summed E-state index contributed by atoms with van der Waals surface area (Å²) in [5.41, 5.74) is 1.16. The Bertz CT molecular complexity index is 465. The van der Waals surface area contributed by atoms with E-state index in [-0.39, 0.29) is 30.1 Å². The van der Waals surface area contributed by atoms with Gasteiger partial charge in [-0.05, 0) is 30.5 Å². The molecule has 1 fully saturated rings. The van der Waals surface area contributed by atoms with E-state index < -0.39 is 0 Å². The summed E-state index contributed by atoms with van der Waals surface area (Å²) in [6.45, 7) is 3.84. The predicted molar refractivity (Wildman–Crippen MR) is 105 cm³/mol. The number of ether oxygens (including phenoxy) is 2. The first-order valence-corrected chi connectivity index (χ1v) is 8.04. The molecule has 5 nitrogen and oxygen atoms in total. The molecule has 23 heavy (non-hydrogen) atoms. The molecular weight excluding hydrogens is 429 g/mol. The first-order valence-electron chi connectivity index (χ1n) is 7.66. The number of halogens is 2. The molecule has 2 N–H and O–H groups in total. The molecular formula is C16H25ClIN3O2. The molecule has 130 valence electrons. The van der Waals surface area contributed by atoms with Crippen LogP contribution in [0.25, 0.3) is 0 Å². The van der Waals surface area contributed by atoms with Crippen molar-refractivity contribution in [1.29, 1.82) is 0 Å². The summed E-state index contributed by atoms with van der Waals surface area (Å²) in [4.78, 5) is 4.20. The van der Waals surface area contributed by atoms with E-state index in [0.29, 0.717) is 6.54 Å². The number of rotatable bonds is 7. The standard InChI is InChI=1S/C16H24ClN3O2.HI/c1-18-16(20-11-13-3-5-14(17)6-4-13)19-8-2-9-22-15-7-10-21-12-15;/h3-6,15H,2,7-12H2,1H3,(H2,18,19,20);1H. The predicted octanol–water partition coefficient (Wildman–Crippen LogP) is 2.82. The quantitative estimate of drug-likeness (QED) is 0.288. The van der Waals surface area contributed by atoms with E-state index in [1.807, 2.05) is 24.3 Å². The van der Waals surface area contributed by atoms with Gasteiger partial charge in [-0.3, -0.25) is 4.99 Å². The molecule has 1 unspecified atom stereocenters. The van der Waals surface area contributed by atoms with Gasteiger partial charge in [0.25, 0.3) is 0 Å². The van der Waals surface area contributed by atoms with Crippen LogP contribution in [0.15, 0.2) is 29.3 Å². The zero-order valence-corrected chi connectivity index (χ0v) is 16.5. The maximum absolute atomic E-state index is 5.87. The molecule has 1 atom stereocenters. The fourth-order valence-electron chi connectivity index (χ4n) is 2.18. The summed E-state index contributed by atoms with van der Waals surface area (Å²) < 4.78 is 11.0. The lowest BCUT2D eigenvalue weighted by Gasteiger charge is -2.13. The van der Waals surface area contributed by atoms with Crippen LogP contribution < -0.4 is 10.6 Å². The van der Waals surface area contributed by atoms with Gasteiger partial charge in [0.1, 0.15) is 0 Å². The van der Waals surface area contributed by atoms with E-state index in [9.17, 15) is 0 Å². The van der Waals surface area contributed by atoms with Crippen LogP contribution >= 0.6 is 35.6 Å².